The van der Waals surface area contributed by atoms with Crippen LogP contribution in [0.25, 0.3) is 6.08 Å². The number of imide groups is 2. The second-order valence-electron chi connectivity index (χ2n) is 8.07. The van der Waals surface area contributed by atoms with Crippen LogP contribution in [0.15, 0.2) is 69.1 Å². The number of aryl methyl sites for hydroxylation is 1. The van der Waals surface area contributed by atoms with Crippen LogP contribution >= 0.6 is 31.9 Å². The van der Waals surface area contributed by atoms with E-state index in [1.165, 1.54) is 18.2 Å². The van der Waals surface area contributed by atoms with Gasteiger partial charge in [0.25, 0.3) is 11.8 Å². The molecule has 1 fully saturated rings. The van der Waals surface area contributed by atoms with Crippen LogP contribution in [0.1, 0.15) is 23.6 Å². The molecular weight excluding hydrogens is 611 g/mol. The molecule has 0 bridgehead atoms. The van der Waals surface area contributed by atoms with Crippen LogP contribution in [0.2, 0.25) is 0 Å². The summed E-state index contributed by atoms with van der Waals surface area (Å²) in [4.78, 5) is 39.3. The van der Waals surface area contributed by atoms with E-state index in [4.69, 9.17) is 9.47 Å². The van der Waals surface area contributed by atoms with Crippen molar-refractivity contribution >= 4 is 61.5 Å². The molecule has 1 heterocycles. The maximum absolute atomic E-state index is 13.3. The molecule has 0 spiro atoms. The summed E-state index contributed by atoms with van der Waals surface area (Å²) in [5.74, 6) is -1.10. The number of amides is 4. The summed E-state index contributed by atoms with van der Waals surface area (Å²) < 4.78 is 26.2. The van der Waals surface area contributed by atoms with Crippen molar-refractivity contribution in [3.8, 4) is 11.5 Å². The van der Waals surface area contributed by atoms with Crippen LogP contribution in [0.4, 0.5) is 14.9 Å². The van der Waals surface area contributed by atoms with Crippen molar-refractivity contribution in [2.24, 2.45) is 0 Å². The lowest BCUT2D eigenvalue weighted by atomic mass is 10.1. The lowest BCUT2D eigenvalue weighted by Gasteiger charge is -2.26. The summed E-state index contributed by atoms with van der Waals surface area (Å²) in [5, 5.41) is 2.22. The van der Waals surface area contributed by atoms with Gasteiger partial charge in [-0.3, -0.25) is 14.9 Å². The lowest BCUT2D eigenvalue weighted by Crippen LogP contribution is -2.54. The molecule has 37 heavy (non-hydrogen) atoms. The highest BCUT2D eigenvalue weighted by Crippen LogP contribution is 2.38. The van der Waals surface area contributed by atoms with E-state index in [1.54, 1.807) is 42.5 Å². The molecule has 3 aromatic carbocycles. The van der Waals surface area contributed by atoms with E-state index in [2.05, 4.69) is 37.2 Å². The highest BCUT2D eigenvalue weighted by molar-refractivity contribution is 9.10. The van der Waals surface area contributed by atoms with E-state index in [1.807, 2.05) is 13.8 Å². The highest BCUT2D eigenvalue weighted by atomic mass is 79.9. The summed E-state index contributed by atoms with van der Waals surface area (Å²) in [6.07, 6.45) is 1.39. The van der Waals surface area contributed by atoms with Crippen molar-refractivity contribution in [3.05, 3.63) is 91.6 Å². The highest BCUT2D eigenvalue weighted by Gasteiger charge is 2.37. The molecule has 7 nitrogen and oxygen atoms in total. The molecule has 0 aliphatic carbocycles. The van der Waals surface area contributed by atoms with E-state index in [9.17, 15) is 18.8 Å². The summed E-state index contributed by atoms with van der Waals surface area (Å²) in [6.45, 7) is 4.15. The number of anilines is 1. The van der Waals surface area contributed by atoms with Gasteiger partial charge in [-0.2, -0.15) is 0 Å². The van der Waals surface area contributed by atoms with Crippen LogP contribution in [0, 0.1) is 12.7 Å². The standard InChI is InChI=1S/C27H21Br2FN2O5/c1-3-36-23-13-17(12-22(29)24(23)37-14-16-4-6-18(30)7-5-16)11-20-25(33)31-27(35)32(26(20)34)19-8-9-21(28)15(2)10-19/h4-13H,3,14H2,1-2H3,(H,31,33,35)/b20-11+. The van der Waals surface area contributed by atoms with Crippen LogP contribution in [0.3, 0.4) is 0 Å². The molecule has 4 amide bonds. The van der Waals surface area contributed by atoms with Gasteiger partial charge in [-0.05, 0) is 95.0 Å². The minimum Gasteiger partial charge on any atom is -0.490 e. The number of carbonyl (C=O) groups is 3. The number of nitrogens with zero attached hydrogens (tertiary/aromatic N) is 1. The van der Waals surface area contributed by atoms with Gasteiger partial charge in [0, 0.05) is 4.47 Å². The maximum atomic E-state index is 13.3. The van der Waals surface area contributed by atoms with Crippen molar-refractivity contribution < 1.29 is 28.2 Å². The second kappa shape index (κ2) is 11.3. The first-order valence-corrected chi connectivity index (χ1v) is 12.8. The number of hydrogen-bond acceptors (Lipinski definition) is 5. The fourth-order valence-corrected chi connectivity index (χ4v) is 4.46. The van der Waals surface area contributed by atoms with E-state index in [0.29, 0.717) is 33.8 Å². The van der Waals surface area contributed by atoms with Crippen LogP contribution < -0.4 is 19.7 Å². The van der Waals surface area contributed by atoms with Gasteiger partial charge in [0.15, 0.2) is 11.5 Å². The molecule has 0 aromatic heterocycles. The molecule has 0 saturated carbocycles. The smallest absolute Gasteiger partial charge is 0.335 e. The minimum absolute atomic E-state index is 0.171. The average molecular weight is 632 g/mol. The van der Waals surface area contributed by atoms with Gasteiger partial charge in [0.2, 0.25) is 0 Å². The molecule has 1 aliphatic heterocycles. The lowest BCUT2D eigenvalue weighted by molar-refractivity contribution is -0.122. The maximum Gasteiger partial charge on any atom is 0.335 e. The summed E-state index contributed by atoms with van der Waals surface area (Å²) >= 11 is 6.87. The van der Waals surface area contributed by atoms with Gasteiger partial charge < -0.3 is 9.47 Å². The monoisotopic (exact) mass is 630 g/mol. The van der Waals surface area contributed by atoms with Crippen molar-refractivity contribution in [1.29, 1.82) is 0 Å². The first-order valence-electron chi connectivity index (χ1n) is 11.2. The van der Waals surface area contributed by atoms with Gasteiger partial charge >= 0.3 is 6.03 Å². The van der Waals surface area contributed by atoms with Crippen molar-refractivity contribution in [1.82, 2.24) is 5.32 Å². The van der Waals surface area contributed by atoms with E-state index in [0.717, 1.165) is 20.5 Å². The summed E-state index contributed by atoms with van der Waals surface area (Å²) in [5.41, 5.74) is 2.18. The van der Waals surface area contributed by atoms with Gasteiger partial charge in [-0.15, -0.1) is 0 Å². The van der Waals surface area contributed by atoms with Crippen LogP contribution in [0.5, 0.6) is 11.5 Å². The molecule has 1 N–H and O–H groups in total. The Morgan fingerprint density at radius 3 is 2.38 bits per heavy atom. The van der Waals surface area contributed by atoms with E-state index in [-0.39, 0.29) is 18.0 Å². The zero-order valence-corrected chi connectivity index (χ0v) is 23.0. The first-order chi connectivity index (χ1) is 17.7. The largest absolute Gasteiger partial charge is 0.490 e. The summed E-state index contributed by atoms with van der Waals surface area (Å²) in [6, 6.07) is 13.4. The number of barbiturate groups is 1. The zero-order valence-electron chi connectivity index (χ0n) is 19.8. The van der Waals surface area contributed by atoms with Crippen LogP contribution in [-0.4, -0.2) is 24.5 Å². The minimum atomic E-state index is -0.824. The van der Waals surface area contributed by atoms with Crippen LogP contribution in [-0.2, 0) is 16.2 Å². The normalized spacial score (nSPS) is 14.7. The number of halogens is 3. The SMILES string of the molecule is CCOc1cc(/C=C2\C(=O)NC(=O)N(c3ccc(Br)c(C)c3)C2=O)cc(Br)c1OCc1ccc(F)cc1. The van der Waals surface area contributed by atoms with Crippen molar-refractivity contribution in [2.45, 2.75) is 20.5 Å². The van der Waals surface area contributed by atoms with Gasteiger partial charge in [0.05, 0.1) is 16.8 Å². The molecule has 0 unspecified atom stereocenters. The third kappa shape index (κ3) is 5.91. The average Bonchev–Trinajstić information content (AvgIpc) is 2.84. The topological polar surface area (TPSA) is 84.9 Å². The third-order valence-corrected chi connectivity index (χ3v) is 6.92. The Morgan fingerprint density at radius 1 is 0.973 bits per heavy atom. The van der Waals surface area contributed by atoms with Crippen molar-refractivity contribution in [2.75, 3.05) is 11.5 Å². The Bertz CT molecular complexity index is 1420. The molecular formula is C27H21Br2FN2O5. The fraction of sp³-hybridized carbons (Fsp3) is 0.148. The van der Waals surface area contributed by atoms with Gasteiger partial charge in [0.1, 0.15) is 18.0 Å². The Balaban J connectivity index is 1.66. The predicted molar refractivity (Wildman–Crippen MR) is 144 cm³/mol. The molecule has 4 rings (SSSR count). The van der Waals surface area contributed by atoms with E-state index >= 15 is 0 Å². The zero-order chi connectivity index (χ0) is 26.7. The number of nitrogens with one attached hydrogen (secondary N) is 1. The first kappa shape index (κ1) is 26.6. The van der Waals surface area contributed by atoms with E-state index < -0.39 is 17.8 Å². The molecule has 0 radical (unpaired) electrons. The number of benzene rings is 3. The molecule has 10 heteroatoms. The number of rotatable bonds is 7. The molecule has 3 aromatic rings. The Kier molecular flexibility index (Phi) is 8.09. The second-order valence-corrected chi connectivity index (χ2v) is 9.78. The molecule has 1 saturated heterocycles. The number of hydrogen-bond donors (Lipinski definition) is 1. The van der Waals surface area contributed by atoms with Gasteiger partial charge in [-0.25, -0.2) is 14.1 Å². The number of ether oxygens (including phenoxy) is 2. The predicted octanol–water partition coefficient (Wildman–Crippen LogP) is 6.30. The Hall–Kier alpha value is -3.50. The number of carbonyl (C=O) groups excluding carboxylic acids is 3. The Morgan fingerprint density at radius 2 is 1.70 bits per heavy atom. The quantitative estimate of drug-likeness (QED) is 0.244. The third-order valence-electron chi connectivity index (χ3n) is 5.44. The Labute approximate surface area is 229 Å². The molecule has 0 atom stereocenters. The summed E-state index contributed by atoms with van der Waals surface area (Å²) in [7, 11) is 0. The fourth-order valence-electron chi connectivity index (χ4n) is 3.64. The number of urea groups is 1. The van der Waals surface area contributed by atoms with Crippen molar-refractivity contribution in [3.63, 3.8) is 0 Å². The van der Waals surface area contributed by atoms with Gasteiger partial charge in [-0.1, -0.05) is 28.1 Å². The molecule has 1 aliphatic rings. The molecule has 190 valence electrons.